The minimum atomic E-state index is -1.04. The van der Waals surface area contributed by atoms with Crippen molar-refractivity contribution in [2.75, 3.05) is 47.4 Å². The molecule has 10 fully saturated rings. The summed E-state index contributed by atoms with van der Waals surface area (Å²) >= 11 is 4.85. The molecule has 720 valence electrons. The number of likely N-dealkylation sites (tertiary alicyclic amines) is 2. The molecule has 8 aromatic heterocycles. The second kappa shape index (κ2) is 41.5. The number of fused-ring (bicyclic) bond motifs is 4. The van der Waals surface area contributed by atoms with Crippen molar-refractivity contribution in [3.05, 3.63) is 114 Å². The molecule has 18 rings (SSSR count). The normalized spacial score (nSPS) is 22.5. The highest BCUT2D eigenvalue weighted by Crippen LogP contribution is 2.46. The Bertz CT molecular complexity index is 5290. The molecule has 4 bridgehead atoms. The average molecular weight is 1910 g/mol. The van der Waals surface area contributed by atoms with Crippen LogP contribution in [0.1, 0.15) is 315 Å². The van der Waals surface area contributed by atoms with E-state index in [0.29, 0.717) is 92.1 Å². The number of anilines is 4. The Hall–Kier alpha value is -10.1. The van der Waals surface area contributed by atoms with Crippen LogP contribution in [-0.2, 0) is 0 Å². The molecule has 8 amide bonds. The molecule has 8 aromatic rings. The number of aromatic nitrogens is 8. The van der Waals surface area contributed by atoms with E-state index in [-0.39, 0.29) is 129 Å². The number of aliphatic hydroxyl groups is 4. The van der Waals surface area contributed by atoms with Crippen molar-refractivity contribution in [1.82, 2.24) is 80.7 Å². The first-order valence-electron chi connectivity index (χ1n) is 47.9. The average Bonchev–Trinajstić information content (AvgIpc) is 1.60. The van der Waals surface area contributed by atoms with E-state index >= 15 is 0 Å². The lowest BCUT2D eigenvalue weighted by Crippen LogP contribution is -2.50. The van der Waals surface area contributed by atoms with Crippen LogP contribution in [0, 0.1) is 39.5 Å². The van der Waals surface area contributed by atoms with Crippen molar-refractivity contribution in [1.29, 1.82) is 0 Å². The second-order valence-corrected chi connectivity index (χ2v) is 44.2. The minimum Gasteiger partial charge on any atom is -0.391 e. The predicted octanol–water partition coefficient (Wildman–Crippen LogP) is 14.4. The summed E-state index contributed by atoms with van der Waals surface area (Å²) in [6.45, 7) is 32.7. The Morgan fingerprint density at radius 3 is 0.896 bits per heavy atom. The standard InChI is InChI=1S/2C25H35N5O3S.2C24H31N5O3S/c2*1-14-11-19(28-16(3)17-8-9-17)26-12-18(14)21-20(24(32)30-10-6-7-15(30)2)29-23(34-21)22(31)27-13-25(4,5)33;2*1-12(2)26-19-10-13(3)16(11-25-19)21-20(24(32)29-14-4-5-15(29)7-6-14)28-23(33-21)22(31)27-17-8-9-18(17)30/h2*11-12,15-17,33H,6-10,13H2,1-5H3,(H,26,28)(H,27,31);2*10-12,14-15,17-18,30H,4-9H2,1-3H3,(H,25,26)(H,27,31)/t2*15-,16+;14?,15?,17-,18-;/m001./s1. The number of pyridine rings is 4. The third kappa shape index (κ3) is 23.1. The molecular weight excluding hydrogens is 1780 g/mol. The molecule has 10 aliphatic rings. The topological polar surface area (TPSA) is 430 Å². The van der Waals surface area contributed by atoms with Crippen molar-refractivity contribution in [3.8, 4) is 41.8 Å². The highest BCUT2D eigenvalue weighted by molar-refractivity contribution is 7.18. The highest BCUT2D eigenvalue weighted by atomic mass is 32.1. The highest BCUT2D eigenvalue weighted by Gasteiger charge is 2.47. The van der Waals surface area contributed by atoms with Gasteiger partial charge in [0, 0.05) is 134 Å². The van der Waals surface area contributed by atoms with Gasteiger partial charge in [-0.1, -0.05) is 0 Å². The summed E-state index contributed by atoms with van der Waals surface area (Å²) < 4.78 is 0. The molecule has 32 nitrogen and oxygen atoms in total. The summed E-state index contributed by atoms with van der Waals surface area (Å²) in [5.74, 6) is 2.65. The summed E-state index contributed by atoms with van der Waals surface area (Å²) in [4.78, 5) is 153. The first-order valence-corrected chi connectivity index (χ1v) is 51.2. The van der Waals surface area contributed by atoms with Crippen molar-refractivity contribution in [3.63, 3.8) is 0 Å². The van der Waals surface area contributed by atoms with E-state index in [9.17, 15) is 58.8 Å². The van der Waals surface area contributed by atoms with Gasteiger partial charge in [0.15, 0.2) is 20.0 Å². The number of amides is 8. The van der Waals surface area contributed by atoms with Gasteiger partial charge >= 0.3 is 0 Å². The molecule has 4 aliphatic carbocycles. The molecule has 6 aliphatic heterocycles. The van der Waals surface area contributed by atoms with Gasteiger partial charge in [0.05, 0.1) is 55.0 Å². The number of carbonyl (C=O) groups excluding carboxylic acids is 8. The molecule has 2 unspecified atom stereocenters. The van der Waals surface area contributed by atoms with Crippen LogP contribution in [-0.4, -0.2) is 249 Å². The van der Waals surface area contributed by atoms with E-state index in [1.807, 2.05) is 85.4 Å². The van der Waals surface area contributed by atoms with Crippen molar-refractivity contribution < 1.29 is 58.8 Å². The van der Waals surface area contributed by atoms with Crippen LogP contribution < -0.4 is 42.5 Å². The molecule has 36 heteroatoms. The number of hydrogen-bond donors (Lipinski definition) is 12. The fraction of sp³-hybridized carbons (Fsp3) is 0.592. The summed E-state index contributed by atoms with van der Waals surface area (Å²) in [5, 5.41) is 65.3. The lowest BCUT2D eigenvalue weighted by atomic mass is 9.89. The third-order valence-electron chi connectivity index (χ3n) is 27.3. The zero-order valence-corrected chi connectivity index (χ0v) is 83.1. The molecule has 12 N–H and O–H groups in total. The fourth-order valence-electron chi connectivity index (χ4n) is 18.9. The zero-order chi connectivity index (χ0) is 95.8. The van der Waals surface area contributed by atoms with Gasteiger partial charge in [-0.3, -0.25) is 38.4 Å². The third-order valence-corrected chi connectivity index (χ3v) is 31.6. The van der Waals surface area contributed by atoms with Crippen LogP contribution in [0.2, 0.25) is 0 Å². The van der Waals surface area contributed by atoms with E-state index < -0.39 is 35.2 Å². The van der Waals surface area contributed by atoms with Crippen molar-refractivity contribution >= 4 is 116 Å². The summed E-state index contributed by atoms with van der Waals surface area (Å²) in [6.07, 6.45) is 26.1. The molecule has 0 spiro atoms. The SMILES string of the molecule is Cc1cc(NC(C)C)ncc1-c1sc(C(=O)NC2CCC2O)nc1C(=O)N1C2CCC1CC2.Cc1cc(NC(C)C)ncc1-c1sc(C(=O)N[C@@H]2CC[C@H]2O)nc1C(=O)N1C2CCC1CC2.Cc1cc(N[C@H](C)C2CC2)ncc1-c1sc(C(=O)NCC(C)(C)O)nc1C(=O)N1CCC[C@@H]1C.Cc1cc(N[C@H](C)C2CC2)ncc1-c1sc(C(=O)NCC(C)(C)O)nc1C(=O)N1CCC[C@@H]1C. The Morgan fingerprint density at radius 1 is 0.388 bits per heavy atom. The van der Waals surface area contributed by atoms with Crippen LogP contribution in [0.4, 0.5) is 23.3 Å². The summed E-state index contributed by atoms with van der Waals surface area (Å²) in [7, 11) is 0. The van der Waals surface area contributed by atoms with Gasteiger partial charge in [-0.25, -0.2) is 39.9 Å². The van der Waals surface area contributed by atoms with Crippen LogP contribution in [0.15, 0.2) is 49.1 Å². The molecule has 6 saturated heterocycles. The lowest BCUT2D eigenvalue weighted by molar-refractivity contribution is 0.0447. The maximum Gasteiger partial charge on any atom is 0.280 e. The number of nitrogens with zero attached hydrogens (tertiary/aromatic N) is 12. The number of aryl methyl sites for hydroxylation is 4. The van der Waals surface area contributed by atoms with Crippen LogP contribution in [0.5, 0.6) is 0 Å². The van der Waals surface area contributed by atoms with Gasteiger partial charge in [0.25, 0.3) is 47.3 Å². The monoisotopic (exact) mass is 1910 g/mol. The first kappa shape index (κ1) is 98.4. The summed E-state index contributed by atoms with van der Waals surface area (Å²) in [6, 6.07) is 10.1. The number of aliphatic hydroxyl groups excluding tert-OH is 2. The number of nitrogens with one attached hydrogen (secondary N) is 8. The number of rotatable bonds is 28. The predicted molar refractivity (Wildman–Crippen MR) is 524 cm³/mol. The number of thiazole rings is 4. The first-order chi connectivity index (χ1) is 63.7. The Balaban J connectivity index is 0.000000136. The zero-order valence-electron chi connectivity index (χ0n) is 79.9. The van der Waals surface area contributed by atoms with Gasteiger partial charge in [-0.15, -0.1) is 45.3 Å². The minimum absolute atomic E-state index is 0.0854. The van der Waals surface area contributed by atoms with E-state index in [4.69, 9.17) is 0 Å². The fourth-order valence-corrected chi connectivity index (χ4v) is 23.1. The molecule has 0 radical (unpaired) electrons. The number of carbonyl (C=O) groups is 8. The van der Waals surface area contributed by atoms with E-state index in [2.05, 4.69) is 124 Å². The van der Waals surface area contributed by atoms with E-state index in [1.165, 1.54) is 71.0 Å². The molecule has 14 heterocycles. The molecular formula is C98H132N20O12S4. The van der Waals surface area contributed by atoms with Crippen LogP contribution in [0.25, 0.3) is 41.8 Å². The quantitative estimate of drug-likeness (QED) is 0.0217. The van der Waals surface area contributed by atoms with Gasteiger partial charge < -0.3 is 82.6 Å². The van der Waals surface area contributed by atoms with Crippen LogP contribution >= 0.6 is 45.3 Å². The largest absolute Gasteiger partial charge is 0.391 e. The summed E-state index contributed by atoms with van der Waals surface area (Å²) in [5.41, 5.74) is 6.31. The Kier molecular flexibility index (Phi) is 30.5. The van der Waals surface area contributed by atoms with Gasteiger partial charge in [0.1, 0.15) is 46.0 Å². The van der Waals surface area contributed by atoms with Gasteiger partial charge in [0.2, 0.25) is 0 Å². The van der Waals surface area contributed by atoms with E-state index in [1.54, 1.807) is 52.5 Å². The second-order valence-electron chi connectivity index (χ2n) is 40.2. The molecule has 134 heavy (non-hydrogen) atoms. The smallest absolute Gasteiger partial charge is 0.280 e. The van der Waals surface area contributed by atoms with Crippen molar-refractivity contribution in [2.45, 2.75) is 335 Å². The van der Waals surface area contributed by atoms with Crippen LogP contribution in [0.3, 0.4) is 0 Å². The maximum atomic E-state index is 13.7. The Labute approximate surface area is 800 Å². The van der Waals surface area contributed by atoms with Gasteiger partial charge in [-0.2, -0.15) is 0 Å². The number of hydrogen-bond acceptors (Lipinski definition) is 28. The molecule has 0 aromatic carbocycles. The van der Waals surface area contributed by atoms with Crippen molar-refractivity contribution in [2.24, 2.45) is 11.8 Å². The van der Waals surface area contributed by atoms with Gasteiger partial charge in [-0.05, 0) is 298 Å². The lowest BCUT2D eigenvalue weighted by Gasteiger charge is -2.32. The maximum absolute atomic E-state index is 13.7. The molecule has 4 saturated carbocycles. The van der Waals surface area contributed by atoms with E-state index in [0.717, 1.165) is 158 Å². The molecule has 8 atom stereocenters. The Morgan fingerprint density at radius 2 is 0.664 bits per heavy atom.